The second-order valence-corrected chi connectivity index (χ2v) is 7.30. The molecule has 0 atom stereocenters. The van der Waals surface area contributed by atoms with E-state index in [0.717, 1.165) is 37.8 Å². The molecule has 0 fully saturated rings. The maximum atomic E-state index is 4.71. The molecule has 7 nitrogen and oxygen atoms in total. The standard InChI is InChI=1S/C19H15N7S/c1-12-8-16-13(4-3-7-20-16)9-17(12)27-19-23-22-18-6-5-15(24-26(18)19)14-10-21-25(2)11-14/h3-11H,1-2H3. The van der Waals surface area contributed by atoms with Crippen LogP contribution in [0.4, 0.5) is 0 Å². The minimum Gasteiger partial charge on any atom is -0.275 e. The van der Waals surface area contributed by atoms with E-state index in [1.807, 2.05) is 37.6 Å². The summed E-state index contributed by atoms with van der Waals surface area (Å²) in [5, 5.41) is 19.3. The lowest BCUT2D eigenvalue weighted by Gasteiger charge is -2.06. The Labute approximate surface area is 159 Å². The monoisotopic (exact) mass is 373 g/mol. The summed E-state index contributed by atoms with van der Waals surface area (Å²) in [4.78, 5) is 5.52. The molecule has 0 radical (unpaired) electrons. The molecule has 0 unspecified atom stereocenters. The summed E-state index contributed by atoms with van der Waals surface area (Å²) in [6, 6.07) is 12.1. The van der Waals surface area contributed by atoms with Crippen molar-refractivity contribution in [2.75, 3.05) is 0 Å². The van der Waals surface area contributed by atoms with Gasteiger partial charge in [0.05, 0.1) is 17.4 Å². The van der Waals surface area contributed by atoms with E-state index in [0.29, 0.717) is 5.65 Å². The molecule has 8 heteroatoms. The first-order valence-corrected chi connectivity index (χ1v) is 9.24. The second kappa shape index (κ2) is 6.17. The molecular formula is C19H15N7S. The van der Waals surface area contributed by atoms with Gasteiger partial charge in [0, 0.05) is 35.3 Å². The molecule has 5 aromatic rings. The van der Waals surface area contributed by atoms with Crippen LogP contribution in [0.15, 0.2) is 65.0 Å². The first-order chi connectivity index (χ1) is 13.2. The van der Waals surface area contributed by atoms with Crippen LogP contribution < -0.4 is 0 Å². The van der Waals surface area contributed by atoms with Crippen LogP contribution in [-0.4, -0.2) is 34.6 Å². The summed E-state index contributed by atoms with van der Waals surface area (Å²) in [5.74, 6) is 0. The highest BCUT2D eigenvalue weighted by atomic mass is 32.2. The van der Waals surface area contributed by atoms with Crippen molar-refractivity contribution in [3.8, 4) is 11.3 Å². The van der Waals surface area contributed by atoms with Gasteiger partial charge in [-0.25, -0.2) is 0 Å². The number of rotatable bonds is 3. The Morgan fingerprint density at radius 3 is 2.85 bits per heavy atom. The molecule has 0 aliphatic rings. The summed E-state index contributed by atoms with van der Waals surface area (Å²) in [6.07, 6.45) is 5.54. The molecule has 0 aliphatic carbocycles. The lowest BCUT2D eigenvalue weighted by molar-refractivity contribution is 0.767. The van der Waals surface area contributed by atoms with Crippen molar-refractivity contribution in [2.24, 2.45) is 7.05 Å². The maximum Gasteiger partial charge on any atom is 0.217 e. The van der Waals surface area contributed by atoms with Crippen LogP contribution in [0.2, 0.25) is 0 Å². The number of nitrogens with zero attached hydrogens (tertiary/aromatic N) is 7. The van der Waals surface area contributed by atoms with Crippen molar-refractivity contribution < 1.29 is 0 Å². The van der Waals surface area contributed by atoms with E-state index in [4.69, 9.17) is 5.10 Å². The molecule has 0 N–H and O–H groups in total. The molecule has 0 spiro atoms. The first-order valence-electron chi connectivity index (χ1n) is 8.42. The summed E-state index contributed by atoms with van der Waals surface area (Å²) < 4.78 is 3.54. The van der Waals surface area contributed by atoms with E-state index in [1.165, 1.54) is 0 Å². The van der Waals surface area contributed by atoms with E-state index in [2.05, 4.69) is 45.4 Å². The van der Waals surface area contributed by atoms with Gasteiger partial charge in [-0.15, -0.1) is 10.2 Å². The highest BCUT2D eigenvalue weighted by Gasteiger charge is 2.13. The lowest BCUT2D eigenvalue weighted by atomic mass is 10.1. The van der Waals surface area contributed by atoms with Crippen molar-refractivity contribution in [1.82, 2.24) is 34.6 Å². The molecular weight excluding hydrogens is 358 g/mol. The Morgan fingerprint density at radius 2 is 2.00 bits per heavy atom. The molecule has 0 aliphatic heterocycles. The molecule has 4 aromatic heterocycles. The third-order valence-electron chi connectivity index (χ3n) is 4.34. The van der Waals surface area contributed by atoms with Crippen LogP contribution in [-0.2, 0) is 7.05 Å². The zero-order valence-corrected chi connectivity index (χ0v) is 15.6. The van der Waals surface area contributed by atoms with Gasteiger partial charge in [0.15, 0.2) is 5.65 Å². The van der Waals surface area contributed by atoms with E-state index in [-0.39, 0.29) is 0 Å². The van der Waals surface area contributed by atoms with Gasteiger partial charge in [-0.05, 0) is 54.6 Å². The predicted octanol–water partition coefficient (Wildman–Crippen LogP) is 3.53. The Hall–Kier alpha value is -3.26. The number of aryl methyl sites for hydroxylation is 2. The van der Waals surface area contributed by atoms with Crippen molar-refractivity contribution in [3.63, 3.8) is 0 Å². The van der Waals surface area contributed by atoms with Gasteiger partial charge in [0.25, 0.3) is 0 Å². The van der Waals surface area contributed by atoms with E-state index in [9.17, 15) is 0 Å². The molecule has 4 heterocycles. The first kappa shape index (κ1) is 16.0. The Balaban J connectivity index is 1.58. The fourth-order valence-electron chi connectivity index (χ4n) is 2.95. The molecule has 0 bridgehead atoms. The minimum atomic E-state index is 0.713. The fraction of sp³-hybridized carbons (Fsp3) is 0.105. The minimum absolute atomic E-state index is 0.713. The van der Waals surface area contributed by atoms with Crippen LogP contribution in [0.1, 0.15) is 5.56 Å². The largest absolute Gasteiger partial charge is 0.275 e. The van der Waals surface area contributed by atoms with E-state index >= 15 is 0 Å². The maximum absolute atomic E-state index is 4.71. The van der Waals surface area contributed by atoms with Crippen LogP contribution in [0.25, 0.3) is 27.8 Å². The van der Waals surface area contributed by atoms with Gasteiger partial charge < -0.3 is 0 Å². The van der Waals surface area contributed by atoms with E-state index < -0.39 is 0 Å². The van der Waals surface area contributed by atoms with Crippen molar-refractivity contribution in [1.29, 1.82) is 0 Å². The summed E-state index contributed by atoms with van der Waals surface area (Å²) in [5.41, 5.74) is 4.63. The predicted molar refractivity (Wildman–Crippen MR) is 104 cm³/mol. The summed E-state index contributed by atoms with van der Waals surface area (Å²) in [7, 11) is 1.89. The zero-order valence-electron chi connectivity index (χ0n) is 14.7. The number of aromatic nitrogens is 7. The molecule has 0 saturated heterocycles. The number of hydrogen-bond donors (Lipinski definition) is 0. The SMILES string of the molecule is Cc1cc2ncccc2cc1Sc1nnc2ccc(-c3cnn(C)c3)nn12. The van der Waals surface area contributed by atoms with Crippen molar-refractivity contribution in [3.05, 3.63) is 60.6 Å². The quantitative estimate of drug-likeness (QED) is 0.482. The second-order valence-electron chi connectivity index (χ2n) is 6.29. The third kappa shape index (κ3) is 2.83. The normalized spacial score (nSPS) is 11.5. The van der Waals surface area contributed by atoms with Crippen molar-refractivity contribution in [2.45, 2.75) is 17.0 Å². The smallest absolute Gasteiger partial charge is 0.217 e. The Morgan fingerprint density at radius 1 is 1.07 bits per heavy atom. The summed E-state index contributed by atoms with van der Waals surface area (Å²) >= 11 is 1.55. The molecule has 5 rings (SSSR count). The number of pyridine rings is 1. The van der Waals surface area contributed by atoms with Gasteiger partial charge in [-0.1, -0.05) is 6.07 Å². The van der Waals surface area contributed by atoms with Gasteiger partial charge in [-0.3, -0.25) is 9.67 Å². The molecule has 27 heavy (non-hydrogen) atoms. The Bertz CT molecular complexity index is 1290. The van der Waals surface area contributed by atoms with Gasteiger partial charge >= 0.3 is 0 Å². The van der Waals surface area contributed by atoms with Gasteiger partial charge in [0.1, 0.15) is 0 Å². The molecule has 0 saturated carbocycles. The molecule has 132 valence electrons. The van der Waals surface area contributed by atoms with Gasteiger partial charge in [-0.2, -0.15) is 14.7 Å². The van der Waals surface area contributed by atoms with Crippen LogP contribution >= 0.6 is 11.8 Å². The van der Waals surface area contributed by atoms with Crippen molar-refractivity contribution >= 4 is 28.3 Å². The average Bonchev–Trinajstić information content (AvgIpc) is 3.28. The molecule has 0 amide bonds. The number of benzene rings is 1. The van der Waals surface area contributed by atoms with Crippen LogP contribution in [0, 0.1) is 6.92 Å². The Kier molecular flexibility index (Phi) is 3.64. The lowest BCUT2D eigenvalue weighted by Crippen LogP contribution is -1.96. The topological polar surface area (TPSA) is 73.8 Å². The third-order valence-corrected chi connectivity index (χ3v) is 5.43. The summed E-state index contributed by atoms with van der Waals surface area (Å²) in [6.45, 7) is 2.08. The van der Waals surface area contributed by atoms with E-state index in [1.54, 1.807) is 27.2 Å². The number of hydrogen-bond acceptors (Lipinski definition) is 6. The highest BCUT2D eigenvalue weighted by molar-refractivity contribution is 7.99. The molecule has 1 aromatic carbocycles. The van der Waals surface area contributed by atoms with Crippen LogP contribution in [0.3, 0.4) is 0 Å². The highest BCUT2D eigenvalue weighted by Crippen LogP contribution is 2.32. The fourth-order valence-corrected chi connectivity index (χ4v) is 3.86. The van der Waals surface area contributed by atoms with Crippen LogP contribution in [0.5, 0.6) is 0 Å². The average molecular weight is 373 g/mol. The zero-order chi connectivity index (χ0) is 18.4. The number of fused-ring (bicyclic) bond motifs is 2. The van der Waals surface area contributed by atoms with Gasteiger partial charge in [0.2, 0.25) is 5.16 Å².